The molecular formula is C100H122Cl2N4O12S2Si2. The molecule has 8 aromatic carbocycles. The van der Waals surface area contributed by atoms with E-state index in [2.05, 4.69) is 158 Å². The van der Waals surface area contributed by atoms with Crippen LogP contribution in [0.15, 0.2) is 218 Å². The number of hydrogen-bond donors (Lipinski definition) is 2. The SMILES string of the molecule is CO[C@H]1/C=C/CC[C@@H](C[C@@H](C)O[Si](c2ccccc2)(c2ccccc2)C(C)(C)C)S(=O)(=O)NC(=O)c2ccc3c(c2)N(C[C@@H]2CC[C@H]21)C[C@@]1(CCCc2cc(Cl)ccc21)CO3.CO[C@H]1/C=C/CC[C@H](C[C@@H](C)O[Si](c2ccccc2)(c2ccccc2)C(C)(C)C)S(=O)(=O)NC(=O)c2ccc3c(c2)N(C[C@@H]2CC[C@H]21)C[C@@]1(CCCc2cc(Cl)ccc21)CO3. The number of methoxy groups -OCH3 is 2. The quantitative estimate of drug-likeness (QED) is 0.0773. The van der Waals surface area contributed by atoms with Crippen molar-refractivity contribution in [3.63, 3.8) is 0 Å². The number of ether oxygens (including phenoxy) is 4. The Hall–Kier alpha value is -7.87. The van der Waals surface area contributed by atoms with Crippen molar-refractivity contribution in [3.8, 4) is 11.5 Å². The van der Waals surface area contributed by atoms with Crippen molar-refractivity contribution in [2.24, 2.45) is 23.7 Å². The summed E-state index contributed by atoms with van der Waals surface area (Å²) in [6.45, 7) is 21.2. The molecule has 2 saturated carbocycles. The number of allylic oxidation sites excluding steroid dienone is 2. The maximum Gasteiger partial charge on any atom is 0.264 e. The Morgan fingerprint density at radius 2 is 0.844 bits per heavy atom. The summed E-state index contributed by atoms with van der Waals surface area (Å²) >= 11 is 13.0. The molecule has 8 aliphatic rings. The molecule has 2 spiro atoms. The van der Waals surface area contributed by atoms with Crippen LogP contribution >= 0.6 is 23.2 Å². The summed E-state index contributed by atoms with van der Waals surface area (Å²) in [5, 5.41) is 3.61. The van der Waals surface area contributed by atoms with Crippen molar-refractivity contribution in [3.05, 3.63) is 262 Å². The molecule has 4 aliphatic heterocycles. The number of amides is 2. The van der Waals surface area contributed by atoms with Crippen LogP contribution in [0, 0.1) is 23.7 Å². The van der Waals surface area contributed by atoms with E-state index in [1.807, 2.05) is 123 Å². The molecule has 4 aliphatic carbocycles. The Morgan fingerprint density at radius 3 is 1.17 bits per heavy atom. The highest BCUT2D eigenvalue weighted by Crippen LogP contribution is 2.51. The monoisotopic (exact) mass is 1760 g/mol. The highest BCUT2D eigenvalue weighted by molar-refractivity contribution is 7.91. The van der Waals surface area contributed by atoms with Crippen LogP contribution in [0.2, 0.25) is 20.1 Å². The number of sulfonamides is 2. The van der Waals surface area contributed by atoms with Gasteiger partial charge in [0.2, 0.25) is 20.0 Å². The first-order valence-corrected chi connectivity index (χ1v) is 51.8. The molecular weight excluding hydrogens is 1640 g/mol. The van der Waals surface area contributed by atoms with Gasteiger partial charge in [0.05, 0.1) is 47.3 Å². The largest absolute Gasteiger partial charge is 0.490 e. The summed E-state index contributed by atoms with van der Waals surface area (Å²) in [4.78, 5) is 33.3. The molecule has 22 heteroatoms. The summed E-state index contributed by atoms with van der Waals surface area (Å²) < 4.78 is 104. The molecule has 4 heterocycles. The molecule has 8 aromatic rings. The topological polar surface area (TPSA) is 188 Å². The molecule has 122 heavy (non-hydrogen) atoms. The van der Waals surface area contributed by atoms with Crippen LogP contribution in [0.5, 0.6) is 11.5 Å². The van der Waals surface area contributed by atoms with Gasteiger partial charge >= 0.3 is 0 Å². The highest BCUT2D eigenvalue weighted by Gasteiger charge is 2.55. The number of rotatable bonds is 14. The van der Waals surface area contributed by atoms with E-state index in [-0.39, 0.29) is 57.1 Å². The van der Waals surface area contributed by atoms with E-state index in [0.717, 1.165) is 119 Å². The number of nitrogens with zero attached hydrogens (tertiary/aromatic N) is 2. The van der Waals surface area contributed by atoms with Crippen LogP contribution < -0.4 is 49.5 Å². The third kappa shape index (κ3) is 18.4. The van der Waals surface area contributed by atoms with Crippen molar-refractivity contribution >= 4 is 104 Å². The number of benzene rings is 8. The van der Waals surface area contributed by atoms with Gasteiger partial charge in [0.25, 0.3) is 28.4 Å². The molecule has 2 N–H and O–H groups in total. The lowest BCUT2D eigenvalue weighted by Crippen LogP contribution is -2.67. The standard InChI is InChI=1S/2C50H61ClN2O6SSi/c2*1-35(59-61(49(2,3)4,41-17-8-6-9-18-41)42-19-10-7-11-20-42)29-40-16-12-13-21-46(57-5)43-25-22-38(43)32-53-33-50(28-14-15-36-30-39(51)24-26-44(36)50)34-58-47-27-23-37(31-45(47)53)48(54)52-60(40,55)56/h2*6-11,13,17-21,23-24,26-27,30-31,35,38,40,43,46H,12,14-16,22,25,28-29,32-34H2,1-5H3,(H,52,54)/b2*21-13+/t35-,38+,40+,43-,46+,50+;35-,38+,40-,43-,46+,50+/m11/s1. The second kappa shape index (κ2) is 37.0. The van der Waals surface area contributed by atoms with Gasteiger partial charge in [-0.3, -0.25) is 9.59 Å². The molecule has 2 fully saturated rings. The van der Waals surface area contributed by atoms with Crippen molar-refractivity contribution in [1.82, 2.24) is 9.44 Å². The Balaban J connectivity index is 0.000000190. The maximum absolute atomic E-state index is 14.6. The smallest absolute Gasteiger partial charge is 0.264 e. The zero-order chi connectivity index (χ0) is 86.0. The van der Waals surface area contributed by atoms with Crippen LogP contribution in [0.3, 0.4) is 0 Å². The van der Waals surface area contributed by atoms with Gasteiger partial charge in [0.1, 0.15) is 11.5 Å². The van der Waals surface area contributed by atoms with Gasteiger partial charge in [-0.2, -0.15) is 0 Å². The van der Waals surface area contributed by atoms with E-state index in [1.165, 1.54) is 22.3 Å². The molecule has 2 amide bonds. The molecule has 0 saturated heterocycles. The van der Waals surface area contributed by atoms with Gasteiger partial charge in [-0.05, 0) is 254 Å². The zero-order valence-electron chi connectivity index (χ0n) is 72.5. The van der Waals surface area contributed by atoms with Gasteiger partial charge in [0, 0.05) is 84.6 Å². The molecule has 0 aromatic heterocycles. The Bertz CT molecular complexity index is 4920. The van der Waals surface area contributed by atoms with E-state index in [1.54, 1.807) is 26.4 Å². The lowest BCUT2D eigenvalue weighted by molar-refractivity contribution is 0.0131. The van der Waals surface area contributed by atoms with Crippen molar-refractivity contribution < 1.29 is 54.2 Å². The van der Waals surface area contributed by atoms with E-state index < -0.39 is 71.2 Å². The molecule has 16 rings (SSSR count). The predicted octanol–water partition coefficient (Wildman–Crippen LogP) is 18.0. The van der Waals surface area contributed by atoms with Gasteiger partial charge < -0.3 is 37.6 Å². The van der Waals surface area contributed by atoms with Crippen molar-refractivity contribution in [1.29, 1.82) is 0 Å². The van der Waals surface area contributed by atoms with E-state index >= 15 is 0 Å². The molecule has 0 unspecified atom stereocenters. The minimum absolute atomic E-state index is 0.0978. The zero-order valence-corrected chi connectivity index (χ0v) is 77.6. The minimum Gasteiger partial charge on any atom is -0.490 e. The van der Waals surface area contributed by atoms with E-state index in [0.29, 0.717) is 87.2 Å². The van der Waals surface area contributed by atoms with Crippen molar-refractivity contribution in [2.45, 2.75) is 214 Å². The summed E-state index contributed by atoms with van der Waals surface area (Å²) in [5.41, 5.74) is 6.72. The average Bonchev–Trinajstić information content (AvgIpc) is 1.29. The van der Waals surface area contributed by atoms with Gasteiger partial charge in [-0.25, -0.2) is 26.3 Å². The Labute approximate surface area is 736 Å². The van der Waals surface area contributed by atoms with Crippen LogP contribution in [0.4, 0.5) is 11.4 Å². The first-order valence-electron chi connectivity index (χ1n) is 44.2. The van der Waals surface area contributed by atoms with Gasteiger partial charge in [-0.1, -0.05) is 223 Å². The lowest BCUT2D eigenvalue weighted by Gasteiger charge is -2.46. The fraction of sp³-hybridized carbons (Fsp3) is 0.460. The number of hydrogen-bond acceptors (Lipinski definition) is 14. The second-order valence-electron chi connectivity index (χ2n) is 37.8. The first-order chi connectivity index (χ1) is 58.5. The third-order valence-electron chi connectivity index (χ3n) is 27.9. The predicted molar refractivity (Wildman–Crippen MR) is 497 cm³/mol. The highest BCUT2D eigenvalue weighted by atomic mass is 35.5. The van der Waals surface area contributed by atoms with E-state index in [9.17, 15) is 26.4 Å². The fourth-order valence-corrected chi connectivity index (χ4v) is 34.4. The molecule has 648 valence electrons. The van der Waals surface area contributed by atoms with Crippen LogP contribution in [-0.2, 0) is 62.0 Å². The summed E-state index contributed by atoms with van der Waals surface area (Å²) in [7, 11) is -10.8. The minimum atomic E-state index is -4.18. The van der Waals surface area contributed by atoms with Gasteiger partial charge in [0.15, 0.2) is 0 Å². The number of nitrogens with one attached hydrogen (secondary N) is 2. The van der Waals surface area contributed by atoms with E-state index in [4.69, 9.17) is 51.0 Å². The second-order valence-corrected chi connectivity index (χ2v) is 51.1. The van der Waals surface area contributed by atoms with Crippen LogP contribution in [0.1, 0.15) is 188 Å². The van der Waals surface area contributed by atoms with Gasteiger partial charge in [-0.15, -0.1) is 0 Å². The molecule has 12 atom stereocenters. The van der Waals surface area contributed by atoms with Crippen molar-refractivity contribution in [2.75, 3.05) is 63.4 Å². The summed E-state index contributed by atoms with van der Waals surface area (Å²) in [6.07, 6.45) is 19.6. The number of fused-ring (bicyclic) bond motifs is 8. The summed E-state index contributed by atoms with van der Waals surface area (Å²) in [5.74, 6) is 1.45. The molecule has 0 radical (unpaired) electrons. The molecule has 4 bridgehead atoms. The Kier molecular flexibility index (Phi) is 27.0. The lowest BCUT2D eigenvalue weighted by atomic mass is 9.68. The third-order valence-corrected chi connectivity index (χ3v) is 42.3. The number of halogens is 2. The normalized spacial score (nSPS) is 26.4. The fourth-order valence-electron chi connectivity index (χ4n) is 21.6. The Morgan fingerprint density at radius 1 is 0.484 bits per heavy atom. The van der Waals surface area contributed by atoms with Crippen LogP contribution in [0.25, 0.3) is 0 Å². The van der Waals surface area contributed by atoms with Crippen LogP contribution in [-0.4, -0.2) is 134 Å². The molecule has 16 nitrogen and oxygen atoms in total. The number of aryl methyl sites for hydroxylation is 2. The first kappa shape index (κ1) is 89.0. The number of anilines is 2. The average molecular weight is 1760 g/mol. The maximum atomic E-state index is 14.6. The summed E-state index contributed by atoms with van der Waals surface area (Å²) in [6, 6.07) is 64.8. The number of carbonyl (C=O) groups excluding carboxylic acids is 2. The number of carbonyl (C=O) groups is 2.